The van der Waals surface area contributed by atoms with Gasteiger partial charge in [0.2, 0.25) is 0 Å². The normalized spacial score (nSPS) is 19.1. The van der Waals surface area contributed by atoms with Crippen molar-refractivity contribution in [3.63, 3.8) is 0 Å². The topological polar surface area (TPSA) is 93.6 Å². The first-order valence-corrected chi connectivity index (χ1v) is 13.8. The summed E-state index contributed by atoms with van der Waals surface area (Å²) in [6.07, 6.45) is 0.710. The summed E-state index contributed by atoms with van der Waals surface area (Å²) in [5.74, 6) is -0.0745. The molecule has 2 aliphatic rings. The molecule has 2 aromatic carbocycles. The minimum atomic E-state index is -2.95. The summed E-state index contributed by atoms with van der Waals surface area (Å²) >= 11 is -2.95. The molecule has 2 fully saturated rings. The van der Waals surface area contributed by atoms with Crippen LogP contribution in [0.2, 0.25) is 0 Å². The van der Waals surface area contributed by atoms with Crippen LogP contribution in [0.25, 0.3) is 0 Å². The molecule has 2 N–H and O–H groups in total. The summed E-state index contributed by atoms with van der Waals surface area (Å²) in [7, 11) is 0. The molecule has 9 heteroatoms. The van der Waals surface area contributed by atoms with Crippen molar-refractivity contribution in [2.45, 2.75) is 13.0 Å². The van der Waals surface area contributed by atoms with E-state index in [9.17, 15) is 17.8 Å². The Morgan fingerprint density at radius 2 is 1.70 bits per heavy atom. The number of nitrogens with zero attached hydrogens (tertiary/aromatic N) is 3. The first-order chi connectivity index (χ1) is 16.0. The van der Waals surface area contributed by atoms with E-state index in [-0.39, 0.29) is 17.7 Å². The van der Waals surface area contributed by atoms with E-state index in [1.54, 1.807) is 29.2 Å². The van der Waals surface area contributed by atoms with E-state index in [0.29, 0.717) is 63.3 Å². The smallest absolute Gasteiger partial charge is 0.378 e. The quantitative estimate of drug-likeness (QED) is 0.508. The molecule has 2 saturated heterocycles. The van der Waals surface area contributed by atoms with Crippen LogP contribution in [-0.2, 0) is 20.9 Å². The molecular formula is C24H30AsN3O5. The number of anilines is 1. The molecule has 0 saturated carbocycles. The summed E-state index contributed by atoms with van der Waals surface area (Å²) in [6.45, 7) is 4.45. The van der Waals surface area contributed by atoms with Gasteiger partial charge in [-0.05, 0) is 0 Å². The molecule has 4 rings (SSSR count). The zero-order valence-electron chi connectivity index (χ0n) is 18.5. The van der Waals surface area contributed by atoms with Gasteiger partial charge in [-0.2, -0.15) is 0 Å². The number of hydrogen-bond acceptors (Lipinski definition) is 6. The Balaban J connectivity index is 1.45. The van der Waals surface area contributed by atoms with Gasteiger partial charge in [0.25, 0.3) is 0 Å². The predicted octanol–water partition coefficient (Wildman–Crippen LogP) is 0.0803. The second kappa shape index (κ2) is 11.3. The van der Waals surface area contributed by atoms with Crippen molar-refractivity contribution in [3.8, 4) is 0 Å². The van der Waals surface area contributed by atoms with Crippen LogP contribution >= 0.6 is 0 Å². The van der Waals surface area contributed by atoms with Crippen LogP contribution in [0.4, 0.5) is 5.69 Å². The van der Waals surface area contributed by atoms with Crippen molar-refractivity contribution in [2.24, 2.45) is 5.92 Å². The molecule has 1 atom stereocenters. The van der Waals surface area contributed by atoms with Crippen molar-refractivity contribution < 1.29 is 22.5 Å². The summed E-state index contributed by atoms with van der Waals surface area (Å²) in [6, 6.07) is 16.7. The Morgan fingerprint density at radius 1 is 1.00 bits per heavy atom. The minimum absolute atomic E-state index is 0.0235. The number of carbonyl (C=O) groups excluding carboxylic acids is 2. The number of rotatable bonds is 7. The zero-order chi connectivity index (χ0) is 23.2. The fourth-order valence-electron chi connectivity index (χ4n) is 4.33. The first kappa shape index (κ1) is 23.9. The molecular weight excluding hydrogens is 485 g/mol. The maximum absolute atomic E-state index is 13.6. The van der Waals surface area contributed by atoms with Crippen molar-refractivity contribution in [1.29, 1.82) is 0 Å². The van der Waals surface area contributed by atoms with Gasteiger partial charge in [0, 0.05) is 13.1 Å². The summed E-state index contributed by atoms with van der Waals surface area (Å²) in [5, 5.41) is 0. The third kappa shape index (κ3) is 6.22. The molecule has 2 aromatic rings. The monoisotopic (exact) mass is 515 g/mol. The van der Waals surface area contributed by atoms with Crippen LogP contribution in [0.3, 0.4) is 0 Å². The Labute approximate surface area is 199 Å². The van der Waals surface area contributed by atoms with Crippen LogP contribution in [0.1, 0.15) is 12.0 Å². The number of amides is 2. The molecule has 0 unspecified atom stereocenters. The summed E-state index contributed by atoms with van der Waals surface area (Å²) in [5.41, 5.74) is 1.75. The first-order valence-electron chi connectivity index (χ1n) is 11.2. The molecule has 0 radical (unpaired) electrons. The van der Waals surface area contributed by atoms with Gasteiger partial charge in [-0.25, -0.2) is 0 Å². The second-order valence-corrected chi connectivity index (χ2v) is 10.7. The molecule has 176 valence electrons. The molecule has 2 heterocycles. The SMILES string of the molecule is O=C(CN1CC[C@@H](C(=O)N(Cc2ccccc2)c2ccc([As](O)O)cc2)C1)N1CCOCC1. The average molecular weight is 515 g/mol. The van der Waals surface area contributed by atoms with Crippen LogP contribution in [0.5, 0.6) is 0 Å². The number of hydrogen-bond donors (Lipinski definition) is 2. The minimum Gasteiger partial charge on any atom is -0.378 e. The standard InChI is InChI=1S/C24H30AsN3O5/c29-23(27-12-14-33-15-13-27)18-26-11-10-20(17-26)24(30)28(16-19-4-2-1-3-5-19)22-8-6-21(7-9-22)25(31)32/h1-9,20,31-32H,10-18H2/t20-/m1/s1. The molecule has 8 nitrogen and oxygen atoms in total. The van der Waals surface area contributed by atoms with Crippen molar-refractivity contribution in [2.75, 3.05) is 50.8 Å². The van der Waals surface area contributed by atoms with Crippen molar-refractivity contribution in [3.05, 3.63) is 60.2 Å². The molecule has 0 aromatic heterocycles. The number of morpholine rings is 1. The van der Waals surface area contributed by atoms with Gasteiger partial charge < -0.3 is 4.74 Å². The molecule has 0 aliphatic carbocycles. The van der Waals surface area contributed by atoms with Crippen LogP contribution in [0.15, 0.2) is 54.6 Å². The molecule has 0 spiro atoms. The van der Waals surface area contributed by atoms with E-state index >= 15 is 0 Å². The van der Waals surface area contributed by atoms with Gasteiger partial charge in [0.15, 0.2) is 0 Å². The molecule has 2 amide bonds. The van der Waals surface area contributed by atoms with Gasteiger partial charge in [-0.15, -0.1) is 0 Å². The van der Waals surface area contributed by atoms with Crippen LogP contribution in [-0.4, -0.2) is 91.1 Å². The van der Waals surface area contributed by atoms with Gasteiger partial charge >= 0.3 is 168 Å². The second-order valence-electron chi connectivity index (χ2n) is 8.43. The number of carbonyl (C=O) groups is 2. The Hall–Kier alpha value is -2.22. The molecule has 0 bridgehead atoms. The zero-order valence-corrected chi connectivity index (χ0v) is 20.4. The predicted molar refractivity (Wildman–Crippen MR) is 126 cm³/mol. The van der Waals surface area contributed by atoms with E-state index in [4.69, 9.17) is 4.74 Å². The van der Waals surface area contributed by atoms with Crippen LogP contribution < -0.4 is 9.25 Å². The average Bonchev–Trinajstić information content (AvgIpc) is 3.32. The summed E-state index contributed by atoms with van der Waals surface area (Å²) < 4.78 is 24.9. The van der Waals surface area contributed by atoms with Gasteiger partial charge in [-0.3, -0.25) is 0 Å². The summed E-state index contributed by atoms with van der Waals surface area (Å²) in [4.78, 5) is 31.9. The van der Waals surface area contributed by atoms with Crippen molar-refractivity contribution >= 4 is 37.2 Å². The third-order valence-corrected chi connectivity index (χ3v) is 7.78. The molecule has 33 heavy (non-hydrogen) atoms. The van der Waals surface area contributed by atoms with Gasteiger partial charge in [-0.1, -0.05) is 0 Å². The number of ether oxygens (including phenoxy) is 1. The van der Waals surface area contributed by atoms with E-state index in [2.05, 4.69) is 4.90 Å². The van der Waals surface area contributed by atoms with E-state index in [1.807, 2.05) is 35.2 Å². The van der Waals surface area contributed by atoms with Gasteiger partial charge in [0.1, 0.15) is 0 Å². The fourth-order valence-corrected chi connectivity index (χ4v) is 5.20. The Kier molecular flexibility index (Phi) is 8.17. The maximum atomic E-state index is 13.6. The van der Waals surface area contributed by atoms with E-state index in [0.717, 1.165) is 11.3 Å². The van der Waals surface area contributed by atoms with Crippen LogP contribution in [0, 0.1) is 5.92 Å². The Morgan fingerprint density at radius 3 is 2.36 bits per heavy atom. The number of likely N-dealkylation sites (tertiary alicyclic amines) is 1. The fraction of sp³-hybridized carbons (Fsp3) is 0.417. The Bertz CT molecular complexity index is 935. The van der Waals surface area contributed by atoms with E-state index in [1.165, 1.54) is 0 Å². The van der Waals surface area contributed by atoms with Gasteiger partial charge in [0.05, 0.1) is 13.2 Å². The van der Waals surface area contributed by atoms with Crippen molar-refractivity contribution in [1.82, 2.24) is 9.80 Å². The number of benzene rings is 2. The third-order valence-electron chi connectivity index (χ3n) is 6.19. The van der Waals surface area contributed by atoms with E-state index < -0.39 is 15.3 Å². The molecule has 2 aliphatic heterocycles.